The Balaban J connectivity index is 1.73. The number of hydrogen-bond donors (Lipinski definition) is 1. The van der Waals surface area contributed by atoms with Crippen LogP contribution >= 0.6 is 34.5 Å². The molecular weight excluding hydrogens is 391 g/mol. The minimum absolute atomic E-state index is 0.307. The van der Waals surface area contributed by atoms with Gasteiger partial charge in [-0.2, -0.15) is 0 Å². The molecule has 3 aromatic carbocycles. The summed E-state index contributed by atoms with van der Waals surface area (Å²) in [5.41, 5.74) is 1.01. The summed E-state index contributed by atoms with van der Waals surface area (Å²) in [4.78, 5) is 17.2. The molecule has 1 aromatic heterocycles. The van der Waals surface area contributed by atoms with Gasteiger partial charge in [0.2, 0.25) is 0 Å². The van der Waals surface area contributed by atoms with E-state index in [1.54, 1.807) is 18.2 Å². The largest absolute Gasteiger partial charge is 0.496 e. The highest BCUT2D eigenvalue weighted by Gasteiger charge is 2.17. The second kappa shape index (κ2) is 6.76. The molecule has 0 saturated heterocycles. The van der Waals surface area contributed by atoms with Crippen LogP contribution in [0.1, 0.15) is 10.4 Å². The Morgan fingerprint density at radius 1 is 1.08 bits per heavy atom. The molecule has 1 amide bonds. The van der Waals surface area contributed by atoms with Gasteiger partial charge in [-0.25, -0.2) is 4.98 Å². The van der Waals surface area contributed by atoms with Gasteiger partial charge in [0.25, 0.3) is 5.91 Å². The molecule has 4 aromatic rings. The lowest BCUT2D eigenvalue weighted by Gasteiger charge is -2.09. The fraction of sp³-hybridized carbons (Fsp3) is 0.0526. The molecule has 0 fully saturated rings. The van der Waals surface area contributed by atoms with Crippen LogP contribution in [0, 0.1) is 0 Å². The number of carbonyl (C=O) groups excluding carboxylic acids is 1. The van der Waals surface area contributed by atoms with E-state index in [0.717, 1.165) is 15.5 Å². The molecule has 1 heterocycles. The van der Waals surface area contributed by atoms with E-state index in [4.69, 9.17) is 27.9 Å². The lowest BCUT2D eigenvalue weighted by atomic mass is 10.1. The molecule has 0 bridgehead atoms. The molecule has 0 aliphatic carbocycles. The lowest BCUT2D eigenvalue weighted by Crippen LogP contribution is -2.13. The number of aromatic nitrogens is 1. The third kappa shape index (κ3) is 2.98. The highest BCUT2D eigenvalue weighted by Crippen LogP contribution is 2.36. The number of ether oxygens (including phenoxy) is 1. The Hall–Kier alpha value is -2.34. The smallest absolute Gasteiger partial charge is 0.261 e. The van der Waals surface area contributed by atoms with Crippen molar-refractivity contribution in [1.29, 1.82) is 0 Å². The van der Waals surface area contributed by atoms with Crippen molar-refractivity contribution in [3.05, 3.63) is 64.1 Å². The van der Waals surface area contributed by atoms with E-state index in [0.29, 0.717) is 32.0 Å². The van der Waals surface area contributed by atoms with Gasteiger partial charge in [-0.3, -0.25) is 10.1 Å². The molecule has 4 rings (SSSR count). The van der Waals surface area contributed by atoms with Gasteiger partial charge in [-0.1, -0.05) is 58.8 Å². The maximum atomic E-state index is 12.8. The first-order chi connectivity index (χ1) is 12.6. The summed E-state index contributed by atoms with van der Waals surface area (Å²) in [7, 11) is 1.54. The molecular formula is C19H12Cl2N2O2S. The van der Waals surface area contributed by atoms with Crippen LogP contribution in [0.5, 0.6) is 5.75 Å². The van der Waals surface area contributed by atoms with Crippen LogP contribution in [-0.2, 0) is 0 Å². The van der Waals surface area contributed by atoms with Crippen molar-refractivity contribution in [3.8, 4) is 5.75 Å². The van der Waals surface area contributed by atoms with Crippen LogP contribution in [-0.4, -0.2) is 18.0 Å². The number of hydrogen-bond acceptors (Lipinski definition) is 4. The SMILES string of the molecule is COc1cc2ccccc2cc1C(=O)Nc1nc2c(Cl)ccc(Cl)c2s1. The zero-order valence-electron chi connectivity index (χ0n) is 13.5. The number of nitrogens with zero attached hydrogens (tertiary/aromatic N) is 1. The normalized spacial score (nSPS) is 11.0. The van der Waals surface area contributed by atoms with Crippen LogP contribution in [0.2, 0.25) is 10.0 Å². The zero-order valence-corrected chi connectivity index (χ0v) is 15.9. The summed E-state index contributed by atoms with van der Waals surface area (Å²) in [6.07, 6.45) is 0. The van der Waals surface area contributed by atoms with Gasteiger partial charge in [-0.15, -0.1) is 0 Å². The van der Waals surface area contributed by atoms with E-state index in [2.05, 4.69) is 10.3 Å². The maximum Gasteiger partial charge on any atom is 0.261 e. The van der Waals surface area contributed by atoms with Gasteiger partial charge in [0, 0.05) is 0 Å². The van der Waals surface area contributed by atoms with Crippen molar-refractivity contribution in [1.82, 2.24) is 4.98 Å². The Bertz CT molecular complexity index is 1120. The fourth-order valence-corrected chi connectivity index (χ4v) is 4.14. The number of fused-ring (bicyclic) bond motifs is 2. The van der Waals surface area contributed by atoms with Gasteiger partial charge in [-0.05, 0) is 35.0 Å². The first kappa shape index (κ1) is 17.1. The second-order valence-corrected chi connectivity index (χ2v) is 7.39. The van der Waals surface area contributed by atoms with Gasteiger partial charge < -0.3 is 4.74 Å². The maximum absolute atomic E-state index is 12.8. The molecule has 26 heavy (non-hydrogen) atoms. The minimum atomic E-state index is -0.307. The molecule has 7 heteroatoms. The molecule has 130 valence electrons. The van der Waals surface area contributed by atoms with E-state index < -0.39 is 0 Å². The predicted octanol–water partition coefficient (Wildman–Crippen LogP) is 6.02. The zero-order chi connectivity index (χ0) is 18.3. The van der Waals surface area contributed by atoms with Crippen LogP contribution in [0.15, 0.2) is 48.5 Å². The summed E-state index contributed by atoms with van der Waals surface area (Å²) < 4.78 is 6.13. The fourth-order valence-electron chi connectivity index (χ4n) is 2.73. The number of benzene rings is 3. The number of anilines is 1. The van der Waals surface area contributed by atoms with Crippen molar-refractivity contribution >= 4 is 66.6 Å². The Morgan fingerprint density at radius 2 is 1.77 bits per heavy atom. The predicted molar refractivity (Wildman–Crippen MR) is 108 cm³/mol. The van der Waals surface area contributed by atoms with Crippen molar-refractivity contribution in [2.45, 2.75) is 0 Å². The number of thiazole rings is 1. The number of carbonyl (C=O) groups is 1. The van der Waals surface area contributed by atoms with Crippen molar-refractivity contribution < 1.29 is 9.53 Å². The second-order valence-electron chi connectivity index (χ2n) is 5.58. The molecule has 1 N–H and O–H groups in total. The first-order valence-electron chi connectivity index (χ1n) is 7.69. The molecule has 0 aliphatic rings. The monoisotopic (exact) mass is 402 g/mol. The third-order valence-electron chi connectivity index (χ3n) is 3.98. The third-order valence-corrected chi connectivity index (χ3v) is 5.72. The highest BCUT2D eigenvalue weighted by atomic mass is 35.5. The summed E-state index contributed by atoms with van der Waals surface area (Å²) in [6.45, 7) is 0. The average Bonchev–Trinajstić information content (AvgIpc) is 3.08. The van der Waals surface area contributed by atoms with Crippen molar-refractivity contribution in [2.75, 3.05) is 12.4 Å². The first-order valence-corrected chi connectivity index (χ1v) is 9.27. The minimum Gasteiger partial charge on any atom is -0.496 e. The Morgan fingerprint density at radius 3 is 2.46 bits per heavy atom. The van der Waals surface area contributed by atoms with E-state index >= 15 is 0 Å². The number of methoxy groups -OCH3 is 1. The molecule has 0 aliphatic heterocycles. The van der Waals surface area contributed by atoms with Gasteiger partial charge in [0.15, 0.2) is 5.13 Å². The Labute approximate surface area is 163 Å². The molecule has 0 radical (unpaired) electrons. The molecule has 0 atom stereocenters. The van der Waals surface area contributed by atoms with E-state index in [1.807, 2.05) is 30.3 Å². The van der Waals surface area contributed by atoms with Gasteiger partial charge in [0.05, 0.1) is 27.4 Å². The van der Waals surface area contributed by atoms with Gasteiger partial charge in [0.1, 0.15) is 11.3 Å². The topological polar surface area (TPSA) is 51.2 Å². The highest BCUT2D eigenvalue weighted by molar-refractivity contribution is 7.23. The number of amides is 1. The molecule has 0 saturated carbocycles. The van der Waals surface area contributed by atoms with Crippen LogP contribution < -0.4 is 10.1 Å². The molecule has 0 unspecified atom stereocenters. The number of rotatable bonds is 3. The van der Waals surface area contributed by atoms with Crippen molar-refractivity contribution in [3.63, 3.8) is 0 Å². The van der Waals surface area contributed by atoms with E-state index in [1.165, 1.54) is 18.4 Å². The average molecular weight is 403 g/mol. The summed E-state index contributed by atoms with van der Waals surface area (Å²) >= 11 is 13.6. The summed E-state index contributed by atoms with van der Waals surface area (Å²) in [5.74, 6) is 0.192. The standard InChI is InChI=1S/C19H12Cl2N2O2S/c1-25-15-9-11-5-3-2-4-10(11)8-12(15)18(24)23-19-22-16-13(20)6-7-14(21)17(16)26-19/h2-9H,1H3,(H,22,23,24). The molecule has 4 nitrogen and oxygen atoms in total. The Kier molecular flexibility index (Phi) is 4.44. The molecule has 0 spiro atoms. The number of halogens is 2. The van der Waals surface area contributed by atoms with Crippen LogP contribution in [0.4, 0.5) is 5.13 Å². The van der Waals surface area contributed by atoms with Crippen molar-refractivity contribution in [2.24, 2.45) is 0 Å². The number of nitrogens with one attached hydrogen (secondary N) is 1. The van der Waals surface area contributed by atoms with Crippen LogP contribution in [0.25, 0.3) is 21.0 Å². The summed E-state index contributed by atoms with van der Waals surface area (Å²) in [6, 6.07) is 14.8. The van der Waals surface area contributed by atoms with Gasteiger partial charge >= 0.3 is 0 Å². The van der Waals surface area contributed by atoms with E-state index in [9.17, 15) is 4.79 Å². The lowest BCUT2D eigenvalue weighted by molar-refractivity contribution is 0.102. The van der Waals surface area contributed by atoms with Crippen LogP contribution in [0.3, 0.4) is 0 Å². The quantitative estimate of drug-likeness (QED) is 0.455. The van der Waals surface area contributed by atoms with E-state index in [-0.39, 0.29) is 5.91 Å². The summed E-state index contributed by atoms with van der Waals surface area (Å²) in [5, 5.41) is 6.23.